The Morgan fingerprint density at radius 2 is 1.79 bits per heavy atom. The van der Waals surface area contributed by atoms with Gasteiger partial charge in [-0.3, -0.25) is 4.79 Å². The summed E-state index contributed by atoms with van der Waals surface area (Å²) in [7, 11) is 0. The summed E-state index contributed by atoms with van der Waals surface area (Å²) < 4.78 is 12.6. The molecule has 0 aliphatic heterocycles. The maximum absolute atomic E-state index is 12.1. The van der Waals surface area contributed by atoms with Gasteiger partial charge in [0, 0.05) is 26.0 Å². The maximum Gasteiger partial charge on any atom is 0.271 e. The number of benzene rings is 2. The first-order chi connectivity index (χ1) is 13.8. The van der Waals surface area contributed by atoms with E-state index in [1.54, 1.807) is 16.9 Å². The highest BCUT2D eigenvalue weighted by atomic mass is 16.5. The number of hydrogen-bond acceptors (Lipinski definition) is 4. The van der Waals surface area contributed by atoms with Gasteiger partial charge in [0.25, 0.3) is 5.91 Å². The Morgan fingerprint density at radius 1 is 1.04 bits per heavy atom. The van der Waals surface area contributed by atoms with E-state index in [4.69, 9.17) is 9.47 Å². The minimum Gasteiger partial charge on any atom is -0.471 e. The van der Waals surface area contributed by atoms with Gasteiger partial charge in [0.15, 0.2) is 6.73 Å². The molecule has 0 fully saturated rings. The second-order valence-corrected chi connectivity index (χ2v) is 6.21. The topological polar surface area (TPSA) is 65.4 Å². The van der Waals surface area contributed by atoms with Gasteiger partial charge in [0.2, 0.25) is 0 Å². The second kappa shape index (κ2) is 10.3. The quantitative estimate of drug-likeness (QED) is 0.545. The smallest absolute Gasteiger partial charge is 0.271 e. The number of amides is 1. The number of nitrogens with zero attached hydrogens (tertiary/aromatic N) is 2. The van der Waals surface area contributed by atoms with Gasteiger partial charge >= 0.3 is 0 Å². The van der Waals surface area contributed by atoms with Crippen molar-refractivity contribution in [2.45, 2.75) is 20.1 Å². The van der Waals surface area contributed by atoms with Crippen LogP contribution < -0.4 is 10.1 Å². The molecule has 0 atom stereocenters. The highest BCUT2D eigenvalue weighted by Gasteiger charge is 2.09. The largest absolute Gasteiger partial charge is 0.471 e. The monoisotopic (exact) mass is 379 g/mol. The maximum atomic E-state index is 12.1. The molecule has 0 radical (unpaired) electrons. The number of ether oxygens (including phenoxy) is 2. The lowest BCUT2D eigenvalue weighted by Crippen LogP contribution is -2.26. The van der Waals surface area contributed by atoms with Crippen molar-refractivity contribution in [1.29, 1.82) is 0 Å². The second-order valence-electron chi connectivity index (χ2n) is 6.21. The minimum absolute atomic E-state index is 0.192. The van der Waals surface area contributed by atoms with Crippen LogP contribution in [0.5, 0.6) is 5.75 Å². The van der Waals surface area contributed by atoms with Crippen molar-refractivity contribution in [2.24, 2.45) is 0 Å². The van der Waals surface area contributed by atoms with Gasteiger partial charge in [-0.25, -0.2) is 4.68 Å². The Morgan fingerprint density at radius 3 is 2.54 bits per heavy atom. The average molecular weight is 379 g/mol. The number of aromatic nitrogens is 2. The SMILES string of the molecule is CCOCCCNC(=O)c1ccn(COc2ccc(-c3ccccc3)cc2)n1. The van der Waals surface area contributed by atoms with E-state index in [9.17, 15) is 4.79 Å². The van der Waals surface area contributed by atoms with Crippen LogP contribution in [0.4, 0.5) is 0 Å². The lowest BCUT2D eigenvalue weighted by atomic mass is 10.1. The van der Waals surface area contributed by atoms with Crippen molar-refractivity contribution in [3.63, 3.8) is 0 Å². The fourth-order valence-electron chi connectivity index (χ4n) is 2.68. The molecule has 3 aromatic rings. The summed E-state index contributed by atoms with van der Waals surface area (Å²) in [6.45, 7) is 4.08. The zero-order chi connectivity index (χ0) is 19.6. The molecule has 1 amide bonds. The molecule has 1 N–H and O–H groups in total. The van der Waals surface area contributed by atoms with Crippen LogP contribution in [-0.2, 0) is 11.5 Å². The van der Waals surface area contributed by atoms with E-state index in [1.807, 2.05) is 49.4 Å². The Hall–Kier alpha value is -3.12. The molecule has 0 bridgehead atoms. The van der Waals surface area contributed by atoms with Crippen LogP contribution in [-0.4, -0.2) is 35.4 Å². The molecule has 0 aliphatic carbocycles. The van der Waals surface area contributed by atoms with Crippen LogP contribution in [0.25, 0.3) is 11.1 Å². The summed E-state index contributed by atoms with van der Waals surface area (Å²) in [5.74, 6) is 0.555. The van der Waals surface area contributed by atoms with Crippen LogP contribution in [0.3, 0.4) is 0 Å². The predicted octanol–water partition coefficient (Wildman–Crippen LogP) is 3.74. The third-order valence-electron chi connectivity index (χ3n) is 4.15. The number of carbonyl (C=O) groups excluding carboxylic acids is 1. The van der Waals surface area contributed by atoms with E-state index in [1.165, 1.54) is 0 Å². The number of rotatable bonds is 10. The molecule has 0 saturated heterocycles. The molecule has 1 aromatic heterocycles. The van der Waals surface area contributed by atoms with Gasteiger partial charge in [-0.05, 0) is 42.7 Å². The van der Waals surface area contributed by atoms with Gasteiger partial charge in [-0.2, -0.15) is 5.10 Å². The van der Waals surface area contributed by atoms with Gasteiger partial charge in [-0.15, -0.1) is 0 Å². The summed E-state index contributed by atoms with van der Waals surface area (Å²) in [5, 5.41) is 7.08. The summed E-state index contributed by atoms with van der Waals surface area (Å²) in [6.07, 6.45) is 2.51. The Labute approximate surface area is 165 Å². The van der Waals surface area contributed by atoms with E-state index in [0.717, 1.165) is 23.3 Å². The van der Waals surface area contributed by atoms with E-state index in [2.05, 4.69) is 22.5 Å². The number of hydrogen-bond donors (Lipinski definition) is 1. The van der Waals surface area contributed by atoms with Crippen LogP contribution in [0.15, 0.2) is 66.9 Å². The van der Waals surface area contributed by atoms with E-state index in [0.29, 0.717) is 25.5 Å². The predicted molar refractivity (Wildman–Crippen MR) is 108 cm³/mol. The van der Waals surface area contributed by atoms with Gasteiger partial charge in [0.05, 0.1) is 0 Å². The molecule has 1 heterocycles. The van der Waals surface area contributed by atoms with Crippen molar-refractivity contribution in [3.05, 3.63) is 72.6 Å². The number of carbonyl (C=O) groups is 1. The molecule has 146 valence electrons. The van der Waals surface area contributed by atoms with Gasteiger partial charge in [-0.1, -0.05) is 42.5 Å². The lowest BCUT2D eigenvalue weighted by Gasteiger charge is -2.08. The molecule has 0 aliphatic rings. The van der Waals surface area contributed by atoms with Crippen LogP contribution in [0.1, 0.15) is 23.8 Å². The van der Waals surface area contributed by atoms with Crippen molar-refractivity contribution >= 4 is 5.91 Å². The van der Waals surface area contributed by atoms with E-state index >= 15 is 0 Å². The third kappa shape index (κ3) is 5.69. The first-order valence-electron chi connectivity index (χ1n) is 9.44. The standard InChI is InChI=1S/C22H25N3O3/c1-2-27-16-6-14-23-22(26)21-13-15-25(24-21)17-28-20-11-9-19(10-12-20)18-7-4-3-5-8-18/h3-5,7-13,15H,2,6,14,16-17H2,1H3,(H,23,26). The van der Waals surface area contributed by atoms with Gasteiger partial charge < -0.3 is 14.8 Å². The fraction of sp³-hybridized carbons (Fsp3) is 0.273. The normalized spacial score (nSPS) is 10.6. The van der Waals surface area contributed by atoms with E-state index in [-0.39, 0.29) is 12.6 Å². The van der Waals surface area contributed by atoms with Crippen molar-refractivity contribution in [3.8, 4) is 16.9 Å². The minimum atomic E-state index is -0.192. The average Bonchev–Trinajstić information content (AvgIpc) is 3.22. The Balaban J connectivity index is 1.47. The summed E-state index contributed by atoms with van der Waals surface area (Å²) in [6, 6.07) is 19.8. The molecule has 6 heteroatoms. The molecule has 2 aromatic carbocycles. The molecule has 0 spiro atoms. The van der Waals surface area contributed by atoms with Crippen LogP contribution in [0, 0.1) is 0 Å². The molecule has 6 nitrogen and oxygen atoms in total. The summed E-state index contributed by atoms with van der Waals surface area (Å²) >= 11 is 0. The lowest BCUT2D eigenvalue weighted by molar-refractivity contribution is 0.0937. The third-order valence-corrected chi connectivity index (χ3v) is 4.15. The number of nitrogens with one attached hydrogen (secondary N) is 1. The van der Waals surface area contributed by atoms with Crippen LogP contribution in [0.2, 0.25) is 0 Å². The molecule has 3 rings (SSSR count). The van der Waals surface area contributed by atoms with E-state index < -0.39 is 0 Å². The van der Waals surface area contributed by atoms with Crippen molar-refractivity contribution < 1.29 is 14.3 Å². The Kier molecular flexibility index (Phi) is 7.21. The highest BCUT2D eigenvalue weighted by Crippen LogP contribution is 2.22. The highest BCUT2D eigenvalue weighted by molar-refractivity contribution is 5.92. The van der Waals surface area contributed by atoms with Gasteiger partial charge in [0.1, 0.15) is 11.4 Å². The molecular weight excluding hydrogens is 354 g/mol. The first-order valence-corrected chi connectivity index (χ1v) is 9.44. The summed E-state index contributed by atoms with van der Waals surface area (Å²) in [4.78, 5) is 12.1. The molecule has 0 unspecified atom stereocenters. The zero-order valence-electron chi connectivity index (χ0n) is 16.0. The molecule has 0 saturated carbocycles. The molecule has 28 heavy (non-hydrogen) atoms. The zero-order valence-corrected chi connectivity index (χ0v) is 16.0. The van der Waals surface area contributed by atoms with Crippen molar-refractivity contribution in [1.82, 2.24) is 15.1 Å². The Bertz CT molecular complexity index is 860. The van der Waals surface area contributed by atoms with Crippen LogP contribution >= 0.6 is 0 Å². The summed E-state index contributed by atoms with van der Waals surface area (Å²) in [5.41, 5.74) is 2.67. The fourth-order valence-corrected chi connectivity index (χ4v) is 2.68. The van der Waals surface area contributed by atoms with Crippen molar-refractivity contribution in [2.75, 3.05) is 19.8 Å². The molecular formula is C22H25N3O3. The first kappa shape index (κ1) is 19.6.